The molecule has 2 N–H and O–H groups in total. The first-order chi connectivity index (χ1) is 19.2. The van der Waals surface area contributed by atoms with Gasteiger partial charge in [0, 0.05) is 48.4 Å². The first kappa shape index (κ1) is 26.7. The lowest BCUT2D eigenvalue weighted by Crippen LogP contribution is -2.58. The summed E-state index contributed by atoms with van der Waals surface area (Å²) in [7, 11) is 0. The molecule has 4 aliphatic rings. The van der Waals surface area contributed by atoms with Crippen LogP contribution in [0.1, 0.15) is 30.1 Å². The summed E-state index contributed by atoms with van der Waals surface area (Å²) in [6.45, 7) is 7.05. The lowest BCUT2D eigenvalue weighted by molar-refractivity contribution is 0.00430. The minimum Gasteiger partial charge on any atom is -0.361 e. The van der Waals surface area contributed by atoms with Gasteiger partial charge in [0.05, 0.1) is 23.3 Å². The lowest BCUT2D eigenvalue weighted by atomic mass is 9.73. The highest BCUT2D eigenvalue weighted by molar-refractivity contribution is 8.38. The van der Waals surface area contributed by atoms with Crippen molar-refractivity contribution in [3.63, 3.8) is 0 Å². The molecule has 3 unspecified atom stereocenters. The van der Waals surface area contributed by atoms with Crippen LogP contribution in [0.15, 0.2) is 78.6 Å². The molecule has 2 bridgehead atoms. The number of thioether (sulfide) groups is 2. The number of pyridine rings is 2. The van der Waals surface area contributed by atoms with Gasteiger partial charge < -0.3 is 10.6 Å². The first-order valence-corrected chi connectivity index (χ1v) is 16.0. The third kappa shape index (κ3) is 6.16. The molecule has 1 aromatic carbocycles. The molecule has 3 fully saturated rings. The van der Waals surface area contributed by atoms with Gasteiger partial charge >= 0.3 is 0 Å². The highest BCUT2D eigenvalue weighted by Crippen LogP contribution is 2.42. The highest BCUT2D eigenvalue weighted by Gasteiger charge is 2.43. The van der Waals surface area contributed by atoms with E-state index in [1.54, 1.807) is 11.8 Å². The maximum absolute atomic E-state index is 5.89. The van der Waals surface area contributed by atoms with Crippen molar-refractivity contribution in [1.29, 1.82) is 0 Å². The molecule has 202 valence electrons. The molecule has 7 rings (SSSR count). The van der Waals surface area contributed by atoms with Gasteiger partial charge in [-0.2, -0.15) is 0 Å². The summed E-state index contributed by atoms with van der Waals surface area (Å²) in [6.07, 6.45) is 8.33. The van der Waals surface area contributed by atoms with E-state index in [0.717, 1.165) is 53.1 Å². The number of hydrogen-bond acceptors (Lipinski definition) is 7. The van der Waals surface area contributed by atoms with Gasteiger partial charge in [-0.25, -0.2) is 0 Å². The number of nitrogens with one attached hydrogen (secondary N) is 2. The maximum Gasteiger partial charge on any atom is 0.166 e. The minimum absolute atomic E-state index is 0.0809. The van der Waals surface area contributed by atoms with Crippen LogP contribution in [0.25, 0.3) is 10.9 Å². The Kier molecular flexibility index (Phi) is 8.49. The van der Waals surface area contributed by atoms with Crippen LogP contribution in [0.5, 0.6) is 0 Å². The van der Waals surface area contributed by atoms with Crippen LogP contribution < -0.4 is 10.6 Å². The Morgan fingerprint density at radius 3 is 2.90 bits per heavy atom. The van der Waals surface area contributed by atoms with E-state index in [0.29, 0.717) is 23.0 Å². The zero-order valence-electron chi connectivity index (χ0n) is 21.9. The molecule has 0 amide bonds. The fraction of sp³-hybridized carbons (Fsp3) is 0.400. The predicted octanol–water partition coefficient (Wildman–Crippen LogP) is 5.44. The van der Waals surface area contributed by atoms with E-state index in [-0.39, 0.29) is 12.1 Å². The Morgan fingerprint density at radius 1 is 1.18 bits per heavy atom. The highest BCUT2D eigenvalue weighted by atomic mass is 32.2. The molecule has 0 spiro atoms. The van der Waals surface area contributed by atoms with Crippen LogP contribution in [0.2, 0.25) is 0 Å². The second-order valence-corrected chi connectivity index (χ2v) is 13.1. The molecule has 0 radical (unpaired) electrons. The van der Waals surface area contributed by atoms with Crippen LogP contribution in [0.4, 0.5) is 0 Å². The van der Waals surface area contributed by atoms with Gasteiger partial charge in [-0.1, -0.05) is 53.9 Å². The number of rotatable bonds is 8. The van der Waals surface area contributed by atoms with E-state index >= 15 is 0 Å². The molecular formula is C30H34N6S3. The number of fused-ring (bicyclic) bond motifs is 4. The van der Waals surface area contributed by atoms with Crippen molar-refractivity contribution < 1.29 is 0 Å². The summed E-state index contributed by atoms with van der Waals surface area (Å²) < 4.78 is 1.13. The van der Waals surface area contributed by atoms with E-state index in [1.165, 1.54) is 17.4 Å². The Hall–Kier alpha value is -2.46. The van der Waals surface area contributed by atoms with Crippen molar-refractivity contribution in [3.05, 3.63) is 84.8 Å². The van der Waals surface area contributed by atoms with Gasteiger partial charge in [0.15, 0.2) is 5.11 Å². The molecule has 6 nitrogen and oxygen atoms in total. The molecular weight excluding hydrogens is 541 g/mol. The summed E-state index contributed by atoms with van der Waals surface area (Å²) >= 11 is 9.49. The summed E-state index contributed by atoms with van der Waals surface area (Å²) in [5.74, 6) is 3.08. The molecule has 2 aromatic heterocycles. The quantitative estimate of drug-likeness (QED) is 0.273. The van der Waals surface area contributed by atoms with Crippen LogP contribution in [-0.4, -0.2) is 61.8 Å². The number of aliphatic imine (C=N–C) groups is 1. The smallest absolute Gasteiger partial charge is 0.166 e. The van der Waals surface area contributed by atoms with Crippen LogP contribution >= 0.6 is 35.7 Å². The number of aromatic nitrogens is 2. The second-order valence-electron chi connectivity index (χ2n) is 10.5. The summed E-state index contributed by atoms with van der Waals surface area (Å²) in [5, 5.41) is 9.13. The van der Waals surface area contributed by atoms with Gasteiger partial charge in [0.25, 0.3) is 0 Å². The number of hydrogen-bond donors (Lipinski definition) is 2. The summed E-state index contributed by atoms with van der Waals surface area (Å²) in [4.78, 5) is 16.6. The van der Waals surface area contributed by atoms with E-state index in [1.807, 2.05) is 36.3 Å². The molecule has 4 aliphatic heterocycles. The van der Waals surface area contributed by atoms with Crippen molar-refractivity contribution in [1.82, 2.24) is 25.5 Å². The summed E-state index contributed by atoms with van der Waals surface area (Å²) in [6, 6.07) is 17.3. The zero-order valence-corrected chi connectivity index (χ0v) is 24.4. The topological polar surface area (TPSA) is 65.4 Å². The van der Waals surface area contributed by atoms with E-state index in [9.17, 15) is 0 Å². The zero-order chi connectivity index (χ0) is 26.6. The van der Waals surface area contributed by atoms with Crippen molar-refractivity contribution in [2.75, 3.05) is 25.4 Å². The average molecular weight is 575 g/mol. The fourth-order valence-corrected chi connectivity index (χ4v) is 8.43. The van der Waals surface area contributed by atoms with E-state index in [2.05, 4.69) is 74.6 Å². The Morgan fingerprint density at radius 2 is 2.08 bits per heavy atom. The molecule has 3 aromatic rings. The van der Waals surface area contributed by atoms with Crippen molar-refractivity contribution >= 4 is 56.1 Å². The monoisotopic (exact) mass is 574 g/mol. The number of benzene rings is 1. The molecule has 6 atom stereocenters. The molecule has 6 heterocycles. The van der Waals surface area contributed by atoms with Crippen molar-refractivity contribution in [3.8, 4) is 0 Å². The van der Waals surface area contributed by atoms with Gasteiger partial charge in [0.2, 0.25) is 0 Å². The number of nitrogens with zero attached hydrogens (tertiary/aromatic N) is 4. The van der Waals surface area contributed by atoms with Gasteiger partial charge in [-0.05, 0) is 73.3 Å². The van der Waals surface area contributed by atoms with E-state index in [4.69, 9.17) is 17.2 Å². The number of piperidine rings is 3. The number of para-hydroxylation sites is 1. The Labute approximate surface area is 244 Å². The molecule has 3 saturated heterocycles. The normalized spacial score (nSPS) is 26.7. The van der Waals surface area contributed by atoms with Crippen molar-refractivity contribution in [2.45, 2.75) is 36.7 Å². The minimum atomic E-state index is 0.0809. The largest absolute Gasteiger partial charge is 0.361 e. The molecule has 0 aliphatic carbocycles. The lowest BCUT2D eigenvalue weighted by Gasteiger charge is -2.52. The third-order valence-electron chi connectivity index (χ3n) is 8.10. The molecule has 0 saturated carbocycles. The van der Waals surface area contributed by atoms with Crippen LogP contribution in [0.3, 0.4) is 0 Å². The summed E-state index contributed by atoms with van der Waals surface area (Å²) in [5.41, 5.74) is 3.37. The number of thiocarbonyl (C=S) groups is 1. The maximum atomic E-state index is 5.89. The van der Waals surface area contributed by atoms with Gasteiger partial charge in [0.1, 0.15) is 4.38 Å². The SMILES string of the molecule is C=CC1CN2CCC1C[C@@H]2[C@H](NC(=S)NC[C@@H]1CSC(SCc2ccccn2)=N1)c1ccnc2ccccc12. The molecule has 39 heavy (non-hydrogen) atoms. The predicted molar refractivity (Wildman–Crippen MR) is 169 cm³/mol. The van der Waals surface area contributed by atoms with E-state index < -0.39 is 0 Å². The van der Waals surface area contributed by atoms with Crippen molar-refractivity contribution in [2.24, 2.45) is 16.8 Å². The van der Waals surface area contributed by atoms with Crippen LogP contribution in [-0.2, 0) is 5.75 Å². The van der Waals surface area contributed by atoms with Gasteiger partial charge in [-0.15, -0.1) is 6.58 Å². The van der Waals surface area contributed by atoms with Crippen LogP contribution in [0, 0.1) is 11.8 Å². The second kappa shape index (κ2) is 12.4. The molecule has 9 heteroatoms. The van der Waals surface area contributed by atoms with Gasteiger partial charge in [-0.3, -0.25) is 19.9 Å². The standard InChI is InChI=1S/C30H34N6S3/c1-2-20-17-36-14-11-21(20)15-27(36)28(25-10-13-32-26-9-4-3-8-24(25)26)35-29(37)33-16-23-19-39-30(34-23)38-18-22-7-5-6-12-31-22/h2-10,12-13,20-21,23,27-28H,1,11,14-19H2,(H2,33,35,37)/t20?,21?,23-,27-,28-/m1/s1. The fourth-order valence-electron chi connectivity index (χ4n) is 6.09. The Bertz CT molecular complexity index is 1340. The average Bonchev–Trinajstić information content (AvgIpc) is 3.46. The third-order valence-corrected chi connectivity index (χ3v) is 10.8. The first-order valence-electron chi connectivity index (χ1n) is 13.7. The Balaban J connectivity index is 1.13.